The van der Waals surface area contributed by atoms with Gasteiger partial charge in [-0.3, -0.25) is 9.59 Å². The molecule has 1 saturated heterocycles. The van der Waals surface area contributed by atoms with Crippen molar-refractivity contribution in [3.8, 4) is 11.3 Å². The minimum absolute atomic E-state index is 0.0178. The Bertz CT molecular complexity index is 883. The number of nitrogen functional groups attached to an aromatic ring is 1. The van der Waals surface area contributed by atoms with E-state index in [9.17, 15) is 9.59 Å². The molecular formula is C21H27N5O2. The molecule has 1 aliphatic rings. The van der Waals surface area contributed by atoms with Gasteiger partial charge in [0.15, 0.2) is 0 Å². The number of rotatable bonds is 5. The molecule has 2 heterocycles. The fourth-order valence-electron chi connectivity index (χ4n) is 3.44. The molecule has 1 aromatic carbocycles. The van der Waals surface area contributed by atoms with Gasteiger partial charge < -0.3 is 15.5 Å². The number of piperazine rings is 1. The summed E-state index contributed by atoms with van der Waals surface area (Å²) in [6.07, 6.45) is 4.19. The summed E-state index contributed by atoms with van der Waals surface area (Å²) in [5.74, 6) is 0.291. The van der Waals surface area contributed by atoms with Crippen LogP contribution < -0.4 is 5.73 Å². The standard InChI is InChI=1S/C21H27N5O2/c1-4-5-9-18-21(28)25(3)10-11-26(18)20(27)16-8-6-7-15(12-16)17-13-23-19(22)14(2)24-17/h6-8,12-13,18H,4-5,9-11H2,1-3H3,(H2,22,23). The van der Waals surface area contributed by atoms with Crippen molar-refractivity contribution in [2.45, 2.75) is 39.2 Å². The lowest BCUT2D eigenvalue weighted by Gasteiger charge is -2.39. The number of nitrogens with two attached hydrogens (primary N) is 1. The van der Waals surface area contributed by atoms with Gasteiger partial charge in [-0.25, -0.2) is 9.97 Å². The van der Waals surface area contributed by atoms with E-state index in [-0.39, 0.29) is 11.8 Å². The van der Waals surface area contributed by atoms with E-state index >= 15 is 0 Å². The fraction of sp³-hybridized carbons (Fsp3) is 0.429. The Balaban J connectivity index is 1.88. The van der Waals surface area contributed by atoms with Crippen molar-refractivity contribution < 1.29 is 9.59 Å². The predicted octanol–water partition coefficient (Wildman–Crippen LogP) is 2.51. The number of benzene rings is 1. The molecular weight excluding hydrogens is 354 g/mol. The summed E-state index contributed by atoms with van der Waals surface area (Å²) in [6.45, 7) is 4.98. The summed E-state index contributed by atoms with van der Waals surface area (Å²) < 4.78 is 0. The average Bonchev–Trinajstić information content (AvgIpc) is 2.70. The smallest absolute Gasteiger partial charge is 0.254 e. The lowest BCUT2D eigenvalue weighted by atomic mass is 10.0. The number of nitrogens with zero attached hydrogens (tertiary/aromatic N) is 4. The topological polar surface area (TPSA) is 92.4 Å². The number of hydrogen-bond acceptors (Lipinski definition) is 5. The summed E-state index contributed by atoms with van der Waals surface area (Å²) in [5.41, 5.74) is 8.41. The molecule has 1 fully saturated rings. The Morgan fingerprint density at radius 3 is 2.82 bits per heavy atom. The van der Waals surface area contributed by atoms with Crippen LogP contribution in [0.5, 0.6) is 0 Å². The minimum atomic E-state index is -0.395. The second-order valence-corrected chi connectivity index (χ2v) is 7.22. The van der Waals surface area contributed by atoms with Crippen molar-refractivity contribution >= 4 is 17.6 Å². The van der Waals surface area contributed by atoms with Gasteiger partial charge in [0.05, 0.1) is 17.6 Å². The van der Waals surface area contributed by atoms with Crippen LogP contribution in [0.3, 0.4) is 0 Å². The number of carbonyl (C=O) groups is 2. The van der Waals surface area contributed by atoms with Gasteiger partial charge >= 0.3 is 0 Å². The van der Waals surface area contributed by atoms with E-state index in [1.165, 1.54) is 0 Å². The number of aromatic nitrogens is 2. The van der Waals surface area contributed by atoms with Gasteiger partial charge in [0.25, 0.3) is 5.91 Å². The fourth-order valence-corrected chi connectivity index (χ4v) is 3.44. The van der Waals surface area contributed by atoms with E-state index in [0.717, 1.165) is 18.4 Å². The van der Waals surface area contributed by atoms with Crippen molar-refractivity contribution in [3.05, 3.63) is 41.7 Å². The van der Waals surface area contributed by atoms with Crippen molar-refractivity contribution in [2.75, 3.05) is 25.9 Å². The van der Waals surface area contributed by atoms with E-state index in [2.05, 4.69) is 16.9 Å². The van der Waals surface area contributed by atoms with Crippen LogP contribution in [0.2, 0.25) is 0 Å². The molecule has 1 aromatic heterocycles. The number of hydrogen-bond donors (Lipinski definition) is 1. The zero-order valence-corrected chi connectivity index (χ0v) is 16.7. The molecule has 0 radical (unpaired) electrons. The summed E-state index contributed by atoms with van der Waals surface area (Å²) in [7, 11) is 1.80. The van der Waals surface area contributed by atoms with Crippen molar-refractivity contribution in [3.63, 3.8) is 0 Å². The second-order valence-electron chi connectivity index (χ2n) is 7.22. The highest BCUT2D eigenvalue weighted by Crippen LogP contribution is 2.23. The van der Waals surface area contributed by atoms with E-state index in [1.54, 1.807) is 36.0 Å². The third-order valence-corrected chi connectivity index (χ3v) is 5.20. The van der Waals surface area contributed by atoms with Gasteiger partial charge in [-0.2, -0.15) is 0 Å². The molecule has 7 nitrogen and oxygen atoms in total. The van der Waals surface area contributed by atoms with Gasteiger partial charge in [0.2, 0.25) is 5.91 Å². The normalized spacial score (nSPS) is 17.1. The third-order valence-electron chi connectivity index (χ3n) is 5.20. The first kappa shape index (κ1) is 19.8. The summed E-state index contributed by atoms with van der Waals surface area (Å²) in [6, 6.07) is 6.91. The second kappa shape index (κ2) is 8.37. The Hall–Kier alpha value is -2.96. The van der Waals surface area contributed by atoms with E-state index in [0.29, 0.717) is 42.3 Å². The lowest BCUT2D eigenvalue weighted by molar-refractivity contribution is -0.138. The quantitative estimate of drug-likeness (QED) is 0.859. The summed E-state index contributed by atoms with van der Waals surface area (Å²) in [4.78, 5) is 37.9. The number of unbranched alkanes of at least 4 members (excludes halogenated alkanes) is 1. The molecule has 0 saturated carbocycles. The van der Waals surface area contributed by atoms with Crippen LogP contribution in [-0.2, 0) is 4.79 Å². The van der Waals surface area contributed by atoms with Gasteiger partial charge in [-0.15, -0.1) is 0 Å². The summed E-state index contributed by atoms with van der Waals surface area (Å²) >= 11 is 0. The first-order chi connectivity index (χ1) is 13.4. The number of aryl methyl sites for hydroxylation is 1. The predicted molar refractivity (Wildman–Crippen MR) is 109 cm³/mol. The van der Waals surface area contributed by atoms with Gasteiger partial charge in [-0.05, 0) is 25.5 Å². The SMILES string of the molecule is CCCCC1C(=O)N(C)CCN1C(=O)c1cccc(-c2cnc(N)c(C)n2)c1. The maximum Gasteiger partial charge on any atom is 0.254 e. The zero-order valence-electron chi connectivity index (χ0n) is 16.7. The molecule has 148 valence electrons. The van der Waals surface area contributed by atoms with Crippen molar-refractivity contribution in [2.24, 2.45) is 0 Å². The van der Waals surface area contributed by atoms with Crippen molar-refractivity contribution in [1.29, 1.82) is 0 Å². The monoisotopic (exact) mass is 381 g/mol. The first-order valence-electron chi connectivity index (χ1n) is 9.68. The third kappa shape index (κ3) is 3.98. The maximum absolute atomic E-state index is 13.2. The van der Waals surface area contributed by atoms with Crippen LogP contribution in [-0.4, -0.2) is 57.8 Å². The van der Waals surface area contributed by atoms with E-state index < -0.39 is 6.04 Å². The van der Waals surface area contributed by atoms with Gasteiger partial charge in [-0.1, -0.05) is 31.9 Å². The molecule has 28 heavy (non-hydrogen) atoms. The van der Waals surface area contributed by atoms with Crippen LogP contribution in [0.4, 0.5) is 5.82 Å². The minimum Gasteiger partial charge on any atom is -0.382 e. The zero-order chi connectivity index (χ0) is 20.3. The Kier molecular flexibility index (Phi) is 5.92. The van der Waals surface area contributed by atoms with E-state index in [4.69, 9.17) is 5.73 Å². The molecule has 7 heteroatoms. The molecule has 2 aromatic rings. The number of amides is 2. The van der Waals surface area contributed by atoms with Crippen LogP contribution in [0.15, 0.2) is 30.5 Å². The largest absolute Gasteiger partial charge is 0.382 e. The van der Waals surface area contributed by atoms with Crippen LogP contribution in [0, 0.1) is 6.92 Å². The molecule has 0 aliphatic carbocycles. The van der Waals surface area contributed by atoms with Crippen LogP contribution >= 0.6 is 0 Å². The lowest BCUT2D eigenvalue weighted by Crippen LogP contribution is -2.57. The Morgan fingerprint density at radius 2 is 2.11 bits per heavy atom. The number of anilines is 1. The summed E-state index contributed by atoms with van der Waals surface area (Å²) in [5, 5.41) is 0. The highest BCUT2D eigenvalue weighted by Gasteiger charge is 2.35. The van der Waals surface area contributed by atoms with Crippen molar-refractivity contribution in [1.82, 2.24) is 19.8 Å². The van der Waals surface area contributed by atoms with E-state index in [1.807, 2.05) is 18.2 Å². The molecule has 1 aliphatic heterocycles. The molecule has 1 atom stereocenters. The van der Waals surface area contributed by atoms with Crippen LogP contribution in [0.25, 0.3) is 11.3 Å². The molecule has 0 spiro atoms. The Morgan fingerprint density at radius 1 is 1.32 bits per heavy atom. The molecule has 3 rings (SSSR count). The first-order valence-corrected chi connectivity index (χ1v) is 9.68. The molecule has 2 amide bonds. The number of carbonyl (C=O) groups excluding carboxylic acids is 2. The molecule has 2 N–H and O–H groups in total. The van der Waals surface area contributed by atoms with Crippen LogP contribution in [0.1, 0.15) is 42.2 Å². The number of likely N-dealkylation sites (N-methyl/N-ethyl adjacent to an activating group) is 1. The highest BCUT2D eigenvalue weighted by atomic mass is 16.2. The molecule has 0 bridgehead atoms. The molecule has 1 unspecified atom stereocenters. The Labute approximate surface area is 165 Å². The average molecular weight is 381 g/mol. The maximum atomic E-state index is 13.2. The van der Waals surface area contributed by atoms with Gasteiger partial charge in [0.1, 0.15) is 11.9 Å². The van der Waals surface area contributed by atoms with Gasteiger partial charge in [0, 0.05) is 31.3 Å². The highest BCUT2D eigenvalue weighted by molar-refractivity contribution is 5.99.